The third-order valence-electron chi connectivity index (χ3n) is 2.49. The Morgan fingerprint density at radius 3 is 1.50 bits per heavy atom. The highest BCUT2D eigenvalue weighted by atomic mass is 16.6. The van der Waals surface area contributed by atoms with E-state index >= 15 is 0 Å². The molecule has 0 heterocycles. The second-order valence-corrected chi connectivity index (χ2v) is 3.27. The number of aliphatic hydroxyl groups is 2. The molecule has 0 bridgehead atoms. The molecule has 0 spiro atoms. The fraction of sp³-hybridized carbons (Fsp3) is 0.500. The van der Waals surface area contributed by atoms with E-state index in [0.29, 0.717) is 11.5 Å². The van der Waals surface area contributed by atoms with E-state index in [4.69, 9.17) is 19.7 Å². The van der Waals surface area contributed by atoms with Crippen LogP contribution in [0.2, 0.25) is 0 Å². The molecule has 1 aromatic rings. The van der Waals surface area contributed by atoms with Gasteiger partial charge in [-0.25, -0.2) is 0 Å². The monoisotopic (exact) mass is 226 g/mol. The zero-order chi connectivity index (χ0) is 12.0. The van der Waals surface area contributed by atoms with Crippen molar-refractivity contribution < 1.29 is 19.7 Å². The van der Waals surface area contributed by atoms with E-state index in [1.54, 1.807) is 12.1 Å². The molecule has 0 aliphatic heterocycles. The van der Waals surface area contributed by atoms with Gasteiger partial charge in [0.05, 0.1) is 0 Å². The number of benzene rings is 1. The van der Waals surface area contributed by atoms with E-state index < -0.39 is 0 Å². The molecule has 0 aromatic heterocycles. The third kappa shape index (κ3) is 2.65. The van der Waals surface area contributed by atoms with Crippen LogP contribution >= 0.6 is 0 Å². The molecule has 0 aliphatic rings. The van der Waals surface area contributed by atoms with Crippen molar-refractivity contribution in [2.75, 3.05) is 13.6 Å². The minimum atomic E-state index is -0.337. The van der Waals surface area contributed by atoms with Gasteiger partial charge in [-0.3, -0.25) is 0 Å². The Labute approximate surface area is 95.4 Å². The SMILES string of the molecule is CCc1c(OCO)ccc(OCO)c1CC. The first-order valence-electron chi connectivity index (χ1n) is 5.40. The van der Waals surface area contributed by atoms with E-state index in [-0.39, 0.29) is 13.6 Å². The van der Waals surface area contributed by atoms with Crippen LogP contribution in [0, 0.1) is 0 Å². The van der Waals surface area contributed by atoms with Gasteiger partial charge in [-0.2, -0.15) is 0 Å². The van der Waals surface area contributed by atoms with Gasteiger partial charge < -0.3 is 19.7 Å². The number of rotatable bonds is 6. The van der Waals surface area contributed by atoms with Gasteiger partial charge in [0.25, 0.3) is 0 Å². The summed E-state index contributed by atoms with van der Waals surface area (Å²) in [5, 5.41) is 17.6. The molecule has 90 valence electrons. The predicted octanol–water partition coefficient (Wildman–Crippen LogP) is 1.47. The molecule has 4 heteroatoms. The molecule has 0 saturated heterocycles. The zero-order valence-electron chi connectivity index (χ0n) is 9.69. The number of ether oxygens (including phenoxy) is 2. The Morgan fingerprint density at radius 1 is 0.875 bits per heavy atom. The summed E-state index contributed by atoms with van der Waals surface area (Å²) >= 11 is 0. The number of aliphatic hydroxyl groups excluding tert-OH is 2. The second-order valence-electron chi connectivity index (χ2n) is 3.27. The second kappa shape index (κ2) is 6.35. The Hall–Kier alpha value is -1.26. The molecule has 0 amide bonds. The highest BCUT2D eigenvalue weighted by molar-refractivity contribution is 5.48. The molecule has 0 radical (unpaired) electrons. The molecule has 1 aromatic carbocycles. The summed E-state index contributed by atoms with van der Waals surface area (Å²) in [6.45, 7) is 3.36. The lowest BCUT2D eigenvalue weighted by molar-refractivity contribution is 0.0931. The molecule has 2 N–H and O–H groups in total. The lowest BCUT2D eigenvalue weighted by Gasteiger charge is -2.16. The Kier molecular flexibility index (Phi) is 5.08. The molecule has 0 saturated carbocycles. The maximum atomic E-state index is 8.78. The van der Waals surface area contributed by atoms with Crippen molar-refractivity contribution in [1.82, 2.24) is 0 Å². The van der Waals surface area contributed by atoms with E-state index in [1.165, 1.54) is 0 Å². The highest BCUT2D eigenvalue weighted by Gasteiger charge is 2.12. The predicted molar refractivity (Wildman–Crippen MR) is 60.6 cm³/mol. The lowest BCUT2D eigenvalue weighted by Crippen LogP contribution is -2.05. The average Bonchev–Trinajstić information content (AvgIpc) is 2.31. The Bertz CT molecular complexity index is 303. The smallest absolute Gasteiger partial charge is 0.186 e. The van der Waals surface area contributed by atoms with Gasteiger partial charge in [0, 0.05) is 11.1 Å². The normalized spacial score (nSPS) is 10.2. The molecule has 1 rings (SSSR count). The van der Waals surface area contributed by atoms with Gasteiger partial charge in [-0.05, 0) is 25.0 Å². The first-order valence-corrected chi connectivity index (χ1v) is 5.40. The molecule has 4 nitrogen and oxygen atoms in total. The quantitative estimate of drug-likeness (QED) is 0.721. The van der Waals surface area contributed by atoms with Gasteiger partial charge in [0.15, 0.2) is 13.6 Å². The molecular formula is C12H18O4. The molecule has 0 atom stereocenters. The largest absolute Gasteiger partial charge is 0.467 e. The summed E-state index contributed by atoms with van der Waals surface area (Å²) in [4.78, 5) is 0. The van der Waals surface area contributed by atoms with Crippen LogP contribution in [0.25, 0.3) is 0 Å². The van der Waals surface area contributed by atoms with Crippen LogP contribution in [0.1, 0.15) is 25.0 Å². The van der Waals surface area contributed by atoms with Gasteiger partial charge in [0.2, 0.25) is 0 Å². The van der Waals surface area contributed by atoms with Crippen molar-refractivity contribution >= 4 is 0 Å². The van der Waals surface area contributed by atoms with Crippen LogP contribution in [0.15, 0.2) is 12.1 Å². The lowest BCUT2D eigenvalue weighted by atomic mass is 10.0. The first-order chi connectivity index (χ1) is 7.78. The zero-order valence-corrected chi connectivity index (χ0v) is 9.69. The van der Waals surface area contributed by atoms with Crippen molar-refractivity contribution in [2.24, 2.45) is 0 Å². The number of hydrogen-bond donors (Lipinski definition) is 2. The summed E-state index contributed by atoms with van der Waals surface area (Å²) in [6.07, 6.45) is 1.59. The van der Waals surface area contributed by atoms with Crippen LogP contribution < -0.4 is 9.47 Å². The van der Waals surface area contributed by atoms with Crippen molar-refractivity contribution in [3.8, 4) is 11.5 Å². The summed E-state index contributed by atoms with van der Waals surface area (Å²) in [5.41, 5.74) is 2.03. The maximum Gasteiger partial charge on any atom is 0.186 e. The highest BCUT2D eigenvalue weighted by Crippen LogP contribution is 2.31. The van der Waals surface area contributed by atoms with Crippen LogP contribution in [-0.4, -0.2) is 23.8 Å². The molecule has 16 heavy (non-hydrogen) atoms. The summed E-state index contributed by atoms with van der Waals surface area (Å²) in [7, 11) is 0. The maximum absolute atomic E-state index is 8.78. The van der Waals surface area contributed by atoms with E-state index in [2.05, 4.69) is 0 Å². The minimum absolute atomic E-state index is 0.337. The molecule has 0 aliphatic carbocycles. The fourth-order valence-corrected chi connectivity index (χ4v) is 1.83. The average molecular weight is 226 g/mol. The molecular weight excluding hydrogens is 208 g/mol. The molecule has 0 unspecified atom stereocenters. The van der Waals surface area contributed by atoms with Gasteiger partial charge in [-0.15, -0.1) is 0 Å². The van der Waals surface area contributed by atoms with Crippen LogP contribution in [0.4, 0.5) is 0 Å². The van der Waals surface area contributed by atoms with Crippen LogP contribution in [0.5, 0.6) is 11.5 Å². The summed E-state index contributed by atoms with van der Waals surface area (Å²) in [5.74, 6) is 1.35. The Balaban J connectivity index is 3.16. The van der Waals surface area contributed by atoms with Crippen molar-refractivity contribution in [2.45, 2.75) is 26.7 Å². The van der Waals surface area contributed by atoms with Crippen LogP contribution in [0.3, 0.4) is 0 Å². The summed E-state index contributed by atoms with van der Waals surface area (Å²) in [6, 6.07) is 3.50. The topological polar surface area (TPSA) is 58.9 Å². The van der Waals surface area contributed by atoms with E-state index in [9.17, 15) is 0 Å². The van der Waals surface area contributed by atoms with Crippen molar-refractivity contribution in [3.05, 3.63) is 23.3 Å². The van der Waals surface area contributed by atoms with Crippen molar-refractivity contribution in [1.29, 1.82) is 0 Å². The van der Waals surface area contributed by atoms with E-state index in [0.717, 1.165) is 24.0 Å². The minimum Gasteiger partial charge on any atom is -0.467 e. The fourth-order valence-electron chi connectivity index (χ4n) is 1.83. The number of hydrogen-bond acceptors (Lipinski definition) is 4. The van der Waals surface area contributed by atoms with Gasteiger partial charge in [0.1, 0.15) is 11.5 Å². The molecule has 0 fully saturated rings. The van der Waals surface area contributed by atoms with Gasteiger partial charge >= 0.3 is 0 Å². The standard InChI is InChI=1S/C12H18O4/c1-3-9-10(4-2)12(16-8-14)6-5-11(9)15-7-13/h5-6,13-14H,3-4,7-8H2,1-2H3. The first kappa shape index (κ1) is 12.8. The summed E-state index contributed by atoms with van der Waals surface area (Å²) < 4.78 is 10.3. The van der Waals surface area contributed by atoms with Gasteiger partial charge in [-0.1, -0.05) is 13.8 Å². The van der Waals surface area contributed by atoms with Crippen molar-refractivity contribution in [3.63, 3.8) is 0 Å². The van der Waals surface area contributed by atoms with E-state index in [1.807, 2.05) is 13.8 Å². The third-order valence-corrected chi connectivity index (χ3v) is 2.49. The Morgan fingerprint density at radius 2 is 1.25 bits per heavy atom. The van der Waals surface area contributed by atoms with Crippen LogP contribution in [-0.2, 0) is 12.8 Å².